The molecule has 1 unspecified atom stereocenters. The molecule has 2 heterocycles. The zero-order chi connectivity index (χ0) is 14.8. The Morgan fingerprint density at radius 3 is 2.76 bits per heavy atom. The summed E-state index contributed by atoms with van der Waals surface area (Å²) in [6.07, 6.45) is 6.96. The molecule has 3 rings (SSSR count). The van der Waals surface area contributed by atoms with Crippen LogP contribution in [-0.4, -0.2) is 44.8 Å². The van der Waals surface area contributed by atoms with Crippen LogP contribution in [0.3, 0.4) is 0 Å². The quantitative estimate of drug-likeness (QED) is 0.911. The molecule has 1 saturated carbocycles. The van der Waals surface area contributed by atoms with Gasteiger partial charge in [0.25, 0.3) is 0 Å². The average molecular weight is 291 g/mol. The lowest BCUT2D eigenvalue weighted by Crippen LogP contribution is -2.44. The van der Waals surface area contributed by atoms with E-state index in [1.165, 1.54) is 11.1 Å². The summed E-state index contributed by atoms with van der Waals surface area (Å²) >= 11 is 0. The Morgan fingerprint density at radius 2 is 2.10 bits per heavy atom. The third-order valence-corrected chi connectivity index (χ3v) is 4.56. The van der Waals surface area contributed by atoms with Crippen LogP contribution < -0.4 is 0 Å². The largest absolute Gasteiger partial charge is 0.480 e. The molecule has 114 valence electrons. The van der Waals surface area contributed by atoms with Crippen LogP contribution in [0.1, 0.15) is 43.7 Å². The minimum atomic E-state index is -0.893. The van der Waals surface area contributed by atoms with Gasteiger partial charge in [0.15, 0.2) is 0 Å². The normalized spacial score (nSPS) is 22.9. The van der Waals surface area contributed by atoms with Crippen LogP contribution in [0.4, 0.5) is 0 Å². The van der Waals surface area contributed by atoms with Gasteiger partial charge in [-0.15, -0.1) is 0 Å². The number of amides is 1. The van der Waals surface area contributed by atoms with Crippen LogP contribution in [0, 0.1) is 5.92 Å². The fraction of sp³-hybridized carbons (Fsp3) is 0.667. The van der Waals surface area contributed by atoms with E-state index in [2.05, 4.69) is 5.10 Å². The number of carbonyl (C=O) groups is 2. The number of carboxylic acids is 1. The van der Waals surface area contributed by atoms with Crippen LogP contribution in [0.25, 0.3) is 0 Å². The second-order valence-corrected chi connectivity index (χ2v) is 6.08. The summed E-state index contributed by atoms with van der Waals surface area (Å²) in [6, 6.07) is 1.88. The van der Waals surface area contributed by atoms with Crippen molar-refractivity contribution in [2.75, 3.05) is 13.1 Å². The van der Waals surface area contributed by atoms with Gasteiger partial charge in [-0.3, -0.25) is 14.3 Å². The van der Waals surface area contributed by atoms with Crippen molar-refractivity contribution in [3.05, 3.63) is 18.0 Å². The summed E-state index contributed by atoms with van der Waals surface area (Å²) in [5.41, 5.74) is 0.905. The molecule has 0 radical (unpaired) electrons. The predicted octanol–water partition coefficient (Wildman–Crippen LogP) is 1.47. The van der Waals surface area contributed by atoms with Crippen molar-refractivity contribution in [2.24, 2.45) is 5.92 Å². The summed E-state index contributed by atoms with van der Waals surface area (Å²) in [5, 5.41) is 13.1. The van der Waals surface area contributed by atoms with Crippen molar-refractivity contribution >= 4 is 11.9 Å². The molecule has 1 aliphatic heterocycles. The molecule has 21 heavy (non-hydrogen) atoms. The van der Waals surface area contributed by atoms with E-state index < -0.39 is 5.97 Å². The SMILES string of the molecule is O=C(O)Cn1ccc(C2CCCN(C(=O)C3CCC3)C2)n1. The van der Waals surface area contributed by atoms with Crippen LogP contribution >= 0.6 is 0 Å². The molecule has 6 heteroatoms. The maximum Gasteiger partial charge on any atom is 0.325 e. The number of hydrogen-bond donors (Lipinski definition) is 1. The number of aliphatic carboxylic acids is 1. The highest BCUT2D eigenvalue weighted by Crippen LogP contribution is 2.32. The van der Waals surface area contributed by atoms with Gasteiger partial charge in [-0.2, -0.15) is 5.10 Å². The second kappa shape index (κ2) is 5.87. The van der Waals surface area contributed by atoms with Crippen molar-refractivity contribution < 1.29 is 14.7 Å². The first kappa shape index (κ1) is 14.1. The summed E-state index contributed by atoms with van der Waals surface area (Å²) in [5.74, 6) is -0.114. The molecule has 1 amide bonds. The van der Waals surface area contributed by atoms with Gasteiger partial charge in [0.2, 0.25) is 5.91 Å². The molecule has 1 saturated heterocycles. The molecule has 0 spiro atoms. The van der Waals surface area contributed by atoms with E-state index in [1.807, 2.05) is 11.0 Å². The molecule has 1 aromatic rings. The highest BCUT2D eigenvalue weighted by Gasteiger charge is 2.33. The van der Waals surface area contributed by atoms with Gasteiger partial charge in [0.05, 0.1) is 5.69 Å². The number of hydrogen-bond acceptors (Lipinski definition) is 3. The predicted molar refractivity (Wildman–Crippen MR) is 75.8 cm³/mol. The molecule has 1 aliphatic carbocycles. The number of rotatable bonds is 4. The number of likely N-dealkylation sites (tertiary alicyclic amines) is 1. The summed E-state index contributed by atoms with van der Waals surface area (Å²) in [6.45, 7) is 1.46. The molecule has 1 N–H and O–H groups in total. The molecule has 2 aliphatic rings. The van der Waals surface area contributed by atoms with E-state index >= 15 is 0 Å². The van der Waals surface area contributed by atoms with Gasteiger partial charge in [-0.25, -0.2) is 0 Å². The van der Waals surface area contributed by atoms with Crippen molar-refractivity contribution in [3.63, 3.8) is 0 Å². The Bertz CT molecular complexity index is 536. The first-order chi connectivity index (χ1) is 10.1. The standard InChI is InChI=1S/C15H21N3O3/c19-14(20)10-18-8-6-13(16-18)12-5-2-7-17(9-12)15(21)11-3-1-4-11/h6,8,11-12H,1-5,7,9-10H2,(H,19,20). The van der Waals surface area contributed by atoms with Gasteiger partial charge >= 0.3 is 5.97 Å². The molecule has 6 nitrogen and oxygen atoms in total. The highest BCUT2D eigenvalue weighted by atomic mass is 16.4. The third kappa shape index (κ3) is 3.09. The number of piperidine rings is 1. The number of aromatic nitrogens is 2. The smallest absolute Gasteiger partial charge is 0.325 e. The van der Waals surface area contributed by atoms with Gasteiger partial charge in [-0.05, 0) is 31.7 Å². The summed E-state index contributed by atoms with van der Waals surface area (Å²) < 4.78 is 1.45. The van der Waals surface area contributed by atoms with Gasteiger partial charge in [0.1, 0.15) is 6.54 Å². The van der Waals surface area contributed by atoms with Crippen LogP contribution in [-0.2, 0) is 16.1 Å². The van der Waals surface area contributed by atoms with Crippen LogP contribution in [0.15, 0.2) is 12.3 Å². The van der Waals surface area contributed by atoms with E-state index in [1.54, 1.807) is 6.20 Å². The van der Waals surface area contributed by atoms with Gasteiger partial charge < -0.3 is 10.0 Å². The number of carbonyl (C=O) groups excluding carboxylic acids is 1. The lowest BCUT2D eigenvalue weighted by atomic mass is 9.83. The summed E-state index contributed by atoms with van der Waals surface area (Å²) in [7, 11) is 0. The van der Waals surface area contributed by atoms with E-state index in [-0.39, 0.29) is 18.4 Å². The fourth-order valence-electron chi connectivity index (χ4n) is 3.15. The van der Waals surface area contributed by atoms with Gasteiger partial charge in [-0.1, -0.05) is 6.42 Å². The third-order valence-electron chi connectivity index (χ3n) is 4.56. The molecule has 0 bridgehead atoms. The maximum atomic E-state index is 12.3. The number of nitrogens with zero attached hydrogens (tertiary/aromatic N) is 3. The Hall–Kier alpha value is -1.85. The number of carboxylic acid groups (broad SMARTS) is 1. The zero-order valence-electron chi connectivity index (χ0n) is 12.1. The second-order valence-electron chi connectivity index (χ2n) is 6.08. The van der Waals surface area contributed by atoms with Crippen molar-refractivity contribution in [2.45, 2.75) is 44.6 Å². The average Bonchev–Trinajstić information content (AvgIpc) is 2.84. The minimum absolute atomic E-state index is 0.114. The van der Waals surface area contributed by atoms with E-state index in [0.29, 0.717) is 5.91 Å². The fourth-order valence-corrected chi connectivity index (χ4v) is 3.15. The molecular formula is C15H21N3O3. The molecular weight excluding hydrogens is 270 g/mol. The van der Waals surface area contributed by atoms with Crippen molar-refractivity contribution in [3.8, 4) is 0 Å². The first-order valence-corrected chi connectivity index (χ1v) is 7.67. The van der Waals surface area contributed by atoms with Crippen molar-refractivity contribution in [1.29, 1.82) is 0 Å². The van der Waals surface area contributed by atoms with Gasteiger partial charge in [0, 0.05) is 31.1 Å². The van der Waals surface area contributed by atoms with E-state index in [4.69, 9.17) is 5.11 Å². The molecule has 2 fully saturated rings. The topological polar surface area (TPSA) is 75.4 Å². The first-order valence-electron chi connectivity index (χ1n) is 7.67. The lowest BCUT2D eigenvalue weighted by Gasteiger charge is -2.36. The zero-order valence-corrected chi connectivity index (χ0v) is 12.1. The highest BCUT2D eigenvalue weighted by molar-refractivity contribution is 5.79. The Kier molecular flexibility index (Phi) is 3.94. The van der Waals surface area contributed by atoms with Crippen molar-refractivity contribution in [1.82, 2.24) is 14.7 Å². The minimum Gasteiger partial charge on any atom is -0.480 e. The van der Waals surface area contributed by atoms with E-state index in [0.717, 1.165) is 44.5 Å². The Labute approximate surface area is 123 Å². The Balaban J connectivity index is 1.63. The molecule has 1 aromatic heterocycles. The van der Waals surface area contributed by atoms with Crippen LogP contribution in [0.5, 0.6) is 0 Å². The monoisotopic (exact) mass is 291 g/mol. The molecule has 0 aromatic carbocycles. The van der Waals surface area contributed by atoms with E-state index in [9.17, 15) is 9.59 Å². The van der Waals surface area contributed by atoms with Crippen LogP contribution in [0.2, 0.25) is 0 Å². The lowest BCUT2D eigenvalue weighted by molar-refractivity contribution is -0.139. The molecule has 1 atom stereocenters. The summed E-state index contributed by atoms with van der Waals surface area (Å²) in [4.78, 5) is 25.0. The maximum absolute atomic E-state index is 12.3. The Morgan fingerprint density at radius 1 is 1.29 bits per heavy atom.